The molecule has 1 aliphatic rings. The fourth-order valence-electron chi connectivity index (χ4n) is 3.15. The van der Waals surface area contributed by atoms with Gasteiger partial charge in [-0.05, 0) is 44.0 Å². The molecular formula is C22H24N2O5. The van der Waals surface area contributed by atoms with Crippen molar-refractivity contribution in [3.8, 4) is 5.75 Å². The topological polar surface area (TPSA) is 84.9 Å². The Labute approximate surface area is 169 Å². The summed E-state index contributed by atoms with van der Waals surface area (Å²) < 4.78 is 10.6. The number of rotatable bonds is 6. The van der Waals surface area contributed by atoms with E-state index < -0.39 is 18.0 Å². The summed E-state index contributed by atoms with van der Waals surface area (Å²) in [6.45, 7) is 5.41. The minimum Gasteiger partial charge on any atom is -0.482 e. The molecule has 2 aromatic carbocycles. The van der Waals surface area contributed by atoms with E-state index in [0.29, 0.717) is 11.4 Å². The van der Waals surface area contributed by atoms with E-state index in [-0.39, 0.29) is 25.5 Å². The molecule has 0 radical (unpaired) electrons. The zero-order chi connectivity index (χ0) is 21.0. The summed E-state index contributed by atoms with van der Waals surface area (Å²) in [7, 11) is 0. The molecule has 1 atom stereocenters. The Balaban J connectivity index is 1.55. The van der Waals surface area contributed by atoms with Gasteiger partial charge in [0.1, 0.15) is 5.75 Å². The Morgan fingerprint density at radius 2 is 1.83 bits per heavy atom. The molecule has 0 bridgehead atoms. The molecule has 0 saturated heterocycles. The van der Waals surface area contributed by atoms with E-state index in [4.69, 9.17) is 9.47 Å². The second kappa shape index (κ2) is 8.77. The summed E-state index contributed by atoms with van der Waals surface area (Å²) in [5, 5.41) is 2.81. The normalized spacial score (nSPS) is 13.9. The van der Waals surface area contributed by atoms with E-state index in [9.17, 15) is 14.4 Å². The van der Waals surface area contributed by atoms with Crippen LogP contribution < -0.4 is 15.0 Å². The maximum Gasteiger partial charge on any atom is 0.308 e. The molecule has 7 nitrogen and oxygen atoms in total. The van der Waals surface area contributed by atoms with Gasteiger partial charge >= 0.3 is 5.97 Å². The average Bonchev–Trinajstić information content (AvgIpc) is 2.70. The Morgan fingerprint density at radius 3 is 2.55 bits per heavy atom. The number of carbonyl (C=O) groups excluding carboxylic acids is 3. The number of carbonyl (C=O) groups is 3. The Bertz CT molecular complexity index is 920. The third-order valence-corrected chi connectivity index (χ3v) is 4.75. The number of amides is 2. The number of ether oxygens (including phenoxy) is 2. The third kappa shape index (κ3) is 4.74. The number of nitrogens with zero attached hydrogens (tertiary/aromatic N) is 1. The van der Waals surface area contributed by atoms with Gasteiger partial charge in [0, 0.05) is 12.2 Å². The number of para-hydroxylation sites is 3. The lowest BCUT2D eigenvalue weighted by Gasteiger charge is -2.29. The lowest BCUT2D eigenvalue weighted by Crippen LogP contribution is -2.40. The van der Waals surface area contributed by atoms with Crippen LogP contribution in [0.5, 0.6) is 5.75 Å². The fourth-order valence-corrected chi connectivity index (χ4v) is 3.15. The Kier molecular flexibility index (Phi) is 6.16. The molecular weight excluding hydrogens is 372 g/mol. The van der Waals surface area contributed by atoms with Crippen LogP contribution in [0.3, 0.4) is 0 Å². The lowest BCUT2D eigenvalue weighted by atomic mass is 10.1. The van der Waals surface area contributed by atoms with Crippen molar-refractivity contribution in [2.24, 2.45) is 0 Å². The highest BCUT2D eigenvalue weighted by Crippen LogP contribution is 2.31. The monoisotopic (exact) mass is 396 g/mol. The van der Waals surface area contributed by atoms with E-state index >= 15 is 0 Å². The van der Waals surface area contributed by atoms with Crippen molar-refractivity contribution in [3.63, 3.8) is 0 Å². The SMILES string of the molecule is Cc1cccc(C)c1NC(=O)C(C)OC(=O)CCN1C(=O)COc2ccccc21. The standard InChI is InChI=1S/C22H24N2O5/c1-14-7-6-8-15(2)21(14)23-22(27)16(3)29-20(26)11-12-24-17-9-4-5-10-18(17)28-13-19(24)25/h4-10,16H,11-13H2,1-3H3,(H,23,27). The Hall–Kier alpha value is -3.35. The average molecular weight is 396 g/mol. The van der Waals surface area contributed by atoms with Crippen LogP contribution in [0.1, 0.15) is 24.5 Å². The first-order chi connectivity index (χ1) is 13.9. The number of hydrogen-bond acceptors (Lipinski definition) is 5. The van der Waals surface area contributed by atoms with Crippen LogP contribution in [0.4, 0.5) is 11.4 Å². The van der Waals surface area contributed by atoms with Gasteiger partial charge in [-0.25, -0.2) is 0 Å². The number of nitrogens with one attached hydrogen (secondary N) is 1. The van der Waals surface area contributed by atoms with Gasteiger partial charge in [0.2, 0.25) is 0 Å². The minimum absolute atomic E-state index is 0.0267. The van der Waals surface area contributed by atoms with Gasteiger partial charge in [0.25, 0.3) is 11.8 Å². The molecule has 0 spiro atoms. The van der Waals surface area contributed by atoms with Gasteiger partial charge in [0.05, 0.1) is 12.1 Å². The van der Waals surface area contributed by atoms with Crippen LogP contribution in [0, 0.1) is 13.8 Å². The molecule has 29 heavy (non-hydrogen) atoms. The van der Waals surface area contributed by atoms with Crippen molar-refractivity contribution in [2.45, 2.75) is 33.3 Å². The molecule has 1 heterocycles. The quantitative estimate of drug-likeness (QED) is 0.759. The minimum atomic E-state index is -0.950. The van der Waals surface area contributed by atoms with Gasteiger partial charge < -0.3 is 19.7 Å². The lowest BCUT2D eigenvalue weighted by molar-refractivity contribution is -0.153. The predicted molar refractivity (Wildman–Crippen MR) is 109 cm³/mol. The second-order valence-corrected chi connectivity index (χ2v) is 6.94. The first-order valence-electron chi connectivity index (χ1n) is 9.45. The summed E-state index contributed by atoms with van der Waals surface area (Å²) in [4.78, 5) is 38.3. The summed E-state index contributed by atoms with van der Waals surface area (Å²) in [6.07, 6.45) is -0.977. The van der Waals surface area contributed by atoms with Crippen molar-refractivity contribution in [3.05, 3.63) is 53.6 Å². The van der Waals surface area contributed by atoms with E-state index in [1.807, 2.05) is 38.1 Å². The number of fused-ring (bicyclic) bond motifs is 1. The molecule has 7 heteroatoms. The van der Waals surface area contributed by atoms with Crippen molar-refractivity contribution in [2.75, 3.05) is 23.4 Å². The first-order valence-corrected chi connectivity index (χ1v) is 9.45. The van der Waals surface area contributed by atoms with Gasteiger partial charge in [-0.2, -0.15) is 0 Å². The van der Waals surface area contributed by atoms with Crippen LogP contribution in [0.25, 0.3) is 0 Å². The zero-order valence-electron chi connectivity index (χ0n) is 16.7. The number of benzene rings is 2. The predicted octanol–water partition coefficient (Wildman–Crippen LogP) is 2.99. The molecule has 1 aliphatic heterocycles. The largest absolute Gasteiger partial charge is 0.482 e. The summed E-state index contributed by atoms with van der Waals surface area (Å²) >= 11 is 0. The maximum atomic E-state index is 12.4. The van der Waals surface area contributed by atoms with Gasteiger partial charge in [-0.15, -0.1) is 0 Å². The molecule has 1 unspecified atom stereocenters. The van der Waals surface area contributed by atoms with Crippen molar-refractivity contribution in [1.82, 2.24) is 0 Å². The highest BCUT2D eigenvalue weighted by atomic mass is 16.5. The Morgan fingerprint density at radius 1 is 1.14 bits per heavy atom. The molecule has 2 aromatic rings. The van der Waals surface area contributed by atoms with Crippen LogP contribution in [0.2, 0.25) is 0 Å². The molecule has 1 N–H and O–H groups in total. The molecule has 0 fully saturated rings. The molecule has 0 aliphatic carbocycles. The molecule has 2 amide bonds. The summed E-state index contributed by atoms with van der Waals surface area (Å²) in [5.74, 6) is -0.575. The molecule has 0 saturated carbocycles. The fraction of sp³-hybridized carbons (Fsp3) is 0.318. The van der Waals surface area contributed by atoms with E-state index in [1.165, 1.54) is 11.8 Å². The highest BCUT2D eigenvalue weighted by molar-refractivity contribution is 5.98. The number of hydrogen-bond donors (Lipinski definition) is 1. The van der Waals surface area contributed by atoms with Gasteiger partial charge in [0.15, 0.2) is 12.7 Å². The smallest absolute Gasteiger partial charge is 0.308 e. The third-order valence-electron chi connectivity index (χ3n) is 4.75. The highest BCUT2D eigenvalue weighted by Gasteiger charge is 2.26. The van der Waals surface area contributed by atoms with Crippen molar-refractivity contribution in [1.29, 1.82) is 0 Å². The van der Waals surface area contributed by atoms with Crippen molar-refractivity contribution < 1.29 is 23.9 Å². The van der Waals surface area contributed by atoms with Crippen LogP contribution in [-0.2, 0) is 19.1 Å². The van der Waals surface area contributed by atoms with Crippen LogP contribution >= 0.6 is 0 Å². The first kappa shape index (κ1) is 20.4. The van der Waals surface area contributed by atoms with Crippen molar-refractivity contribution >= 4 is 29.2 Å². The maximum absolute atomic E-state index is 12.4. The van der Waals surface area contributed by atoms with E-state index in [1.54, 1.807) is 18.2 Å². The number of anilines is 2. The molecule has 152 valence electrons. The van der Waals surface area contributed by atoms with Gasteiger partial charge in [-0.1, -0.05) is 30.3 Å². The van der Waals surface area contributed by atoms with E-state index in [0.717, 1.165) is 16.8 Å². The molecule has 0 aromatic heterocycles. The van der Waals surface area contributed by atoms with E-state index in [2.05, 4.69) is 5.32 Å². The summed E-state index contributed by atoms with van der Waals surface area (Å²) in [6, 6.07) is 12.9. The second-order valence-electron chi connectivity index (χ2n) is 6.94. The van der Waals surface area contributed by atoms with Gasteiger partial charge in [-0.3, -0.25) is 14.4 Å². The number of esters is 1. The van der Waals surface area contributed by atoms with Crippen LogP contribution in [0.15, 0.2) is 42.5 Å². The van der Waals surface area contributed by atoms with Crippen LogP contribution in [-0.4, -0.2) is 37.0 Å². The summed E-state index contributed by atoms with van der Waals surface area (Å²) in [5.41, 5.74) is 3.20. The number of aryl methyl sites for hydroxylation is 2. The molecule has 3 rings (SSSR count). The zero-order valence-corrected chi connectivity index (χ0v) is 16.7.